The lowest BCUT2D eigenvalue weighted by atomic mass is 9.93. The molecule has 2 rings (SSSR count). The number of nitrogens with two attached hydrogens (primary N) is 1. The smallest absolute Gasteiger partial charge is 0.259 e. The van der Waals surface area contributed by atoms with E-state index in [4.69, 9.17) is 10.5 Å². The Labute approximate surface area is 111 Å². The maximum atomic E-state index is 12.3. The maximum absolute atomic E-state index is 12.3. The molecule has 0 bridgehead atoms. The van der Waals surface area contributed by atoms with Gasteiger partial charge in [-0.15, -0.1) is 0 Å². The summed E-state index contributed by atoms with van der Waals surface area (Å²) in [5.41, 5.74) is 5.80. The third-order valence-electron chi connectivity index (χ3n) is 3.49. The van der Waals surface area contributed by atoms with E-state index in [0.29, 0.717) is 37.3 Å². The van der Waals surface area contributed by atoms with Crippen LogP contribution in [0, 0.1) is 6.92 Å². The van der Waals surface area contributed by atoms with Crippen LogP contribution >= 0.6 is 0 Å². The van der Waals surface area contributed by atoms with Gasteiger partial charge < -0.3 is 20.5 Å². The number of aromatic amines is 1. The molecule has 0 radical (unpaired) electrons. The summed E-state index contributed by atoms with van der Waals surface area (Å²) in [4.78, 5) is 13.8. The molecule has 7 heteroatoms. The van der Waals surface area contributed by atoms with Crippen LogP contribution in [-0.2, 0) is 4.74 Å². The second-order valence-corrected chi connectivity index (χ2v) is 5.11. The first-order valence-electron chi connectivity index (χ1n) is 6.29. The fourth-order valence-corrected chi connectivity index (χ4v) is 2.33. The molecule has 0 saturated carbocycles. The van der Waals surface area contributed by atoms with Gasteiger partial charge in [-0.1, -0.05) is 0 Å². The zero-order chi connectivity index (χ0) is 14.0. The van der Waals surface area contributed by atoms with Crippen molar-refractivity contribution in [2.45, 2.75) is 25.4 Å². The molecule has 0 aliphatic carbocycles. The highest BCUT2D eigenvalue weighted by atomic mass is 16.5. The summed E-state index contributed by atoms with van der Waals surface area (Å²) in [5.74, 6) is -0.0445. The van der Waals surface area contributed by atoms with Gasteiger partial charge in [-0.3, -0.25) is 9.89 Å². The third kappa shape index (κ3) is 2.87. The van der Waals surface area contributed by atoms with Crippen molar-refractivity contribution in [1.29, 1.82) is 0 Å². The number of aliphatic hydroxyl groups is 1. The van der Waals surface area contributed by atoms with Gasteiger partial charge >= 0.3 is 0 Å². The van der Waals surface area contributed by atoms with Gasteiger partial charge in [0.2, 0.25) is 0 Å². The van der Waals surface area contributed by atoms with Gasteiger partial charge in [0.1, 0.15) is 5.56 Å². The molecule has 19 heavy (non-hydrogen) atoms. The molecule has 2 heterocycles. The van der Waals surface area contributed by atoms with Crippen LogP contribution in [0.15, 0.2) is 0 Å². The zero-order valence-electron chi connectivity index (χ0n) is 11.3. The van der Waals surface area contributed by atoms with Crippen molar-refractivity contribution in [2.24, 2.45) is 0 Å². The fourth-order valence-electron chi connectivity index (χ4n) is 2.33. The number of carbonyl (C=O) groups excluding carboxylic acids is 1. The highest BCUT2D eigenvalue weighted by Gasteiger charge is 2.33. The number of hydrogen-bond donors (Lipinski definition) is 3. The average Bonchev–Trinajstić information content (AvgIpc) is 2.68. The largest absolute Gasteiger partial charge is 0.388 e. The number of nitrogens with zero attached hydrogens (tertiary/aromatic N) is 2. The molecule has 4 N–H and O–H groups in total. The molecule has 0 spiro atoms. The van der Waals surface area contributed by atoms with Crippen molar-refractivity contribution in [3.8, 4) is 0 Å². The molecule has 1 saturated heterocycles. The lowest BCUT2D eigenvalue weighted by Crippen LogP contribution is -2.47. The highest BCUT2D eigenvalue weighted by molar-refractivity contribution is 5.99. The molecule has 1 aromatic rings. The van der Waals surface area contributed by atoms with Crippen LogP contribution in [-0.4, -0.2) is 58.5 Å². The van der Waals surface area contributed by atoms with Gasteiger partial charge in [0.05, 0.1) is 5.60 Å². The van der Waals surface area contributed by atoms with Crippen LogP contribution in [0.5, 0.6) is 0 Å². The molecule has 1 aliphatic rings. The molecule has 1 fully saturated rings. The quantitative estimate of drug-likeness (QED) is 0.711. The predicted molar refractivity (Wildman–Crippen MR) is 69.7 cm³/mol. The molecule has 7 nitrogen and oxygen atoms in total. The first kappa shape index (κ1) is 13.8. The molecule has 0 unspecified atom stereocenters. The van der Waals surface area contributed by atoms with E-state index < -0.39 is 5.60 Å². The van der Waals surface area contributed by atoms with E-state index in [1.165, 1.54) is 4.90 Å². The Morgan fingerprint density at radius 2 is 2.21 bits per heavy atom. The predicted octanol–water partition coefficient (Wildman–Crippen LogP) is -0.0862. The van der Waals surface area contributed by atoms with E-state index in [9.17, 15) is 9.90 Å². The number of amides is 1. The van der Waals surface area contributed by atoms with E-state index in [1.54, 1.807) is 14.0 Å². The number of H-pyrrole nitrogens is 1. The van der Waals surface area contributed by atoms with Crippen LogP contribution in [0.25, 0.3) is 0 Å². The Hall–Kier alpha value is -1.60. The van der Waals surface area contributed by atoms with Gasteiger partial charge in [0.15, 0.2) is 5.82 Å². The lowest BCUT2D eigenvalue weighted by molar-refractivity contribution is -0.0734. The van der Waals surface area contributed by atoms with Crippen LogP contribution in [0.2, 0.25) is 0 Å². The zero-order valence-corrected chi connectivity index (χ0v) is 11.3. The van der Waals surface area contributed by atoms with Crippen LogP contribution in [0.1, 0.15) is 28.9 Å². The van der Waals surface area contributed by atoms with E-state index in [0.717, 1.165) is 0 Å². The Morgan fingerprint density at radius 1 is 1.58 bits per heavy atom. The van der Waals surface area contributed by atoms with Crippen molar-refractivity contribution in [1.82, 2.24) is 15.1 Å². The molecule has 0 atom stereocenters. The number of nitrogens with one attached hydrogen (secondary N) is 1. The average molecular weight is 268 g/mol. The standard InChI is InChI=1S/C12H20N4O3/c1-8-9(10(13)15-14-8)11(17)16(2)7-12(18)3-5-19-6-4-12/h18H,3-7H2,1-2H3,(H3,13,14,15). The van der Waals surface area contributed by atoms with E-state index in [1.807, 2.05) is 0 Å². The second-order valence-electron chi connectivity index (χ2n) is 5.11. The van der Waals surface area contributed by atoms with Gasteiger partial charge in [-0.05, 0) is 6.92 Å². The van der Waals surface area contributed by atoms with Gasteiger partial charge in [-0.25, -0.2) is 0 Å². The SMILES string of the molecule is Cc1[nH]nc(N)c1C(=O)N(C)CC1(O)CCOCC1. The van der Waals surface area contributed by atoms with Crippen LogP contribution < -0.4 is 5.73 Å². The van der Waals surface area contributed by atoms with Gasteiger partial charge in [0.25, 0.3) is 5.91 Å². The normalized spacial score (nSPS) is 18.3. The Kier molecular flexibility index (Phi) is 3.77. The first-order chi connectivity index (χ1) is 8.93. The first-order valence-corrected chi connectivity index (χ1v) is 6.29. The van der Waals surface area contributed by atoms with E-state index >= 15 is 0 Å². The summed E-state index contributed by atoms with van der Waals surface area (Å²) >= 11 is 0. The monoisotopic (exact) mass is 268 g/mol. The molecule has 106 valence electrons. The van der Waals surface area contributed by atoms with Crippen molar-refractivity contribution in [3.63, 3.8) is 0 Å². The molecular formula is C12H20N4O3. The molecule has 1 amide bonds. The van der Waals surface area contributed by atoms with Crippen LogP contribution in [0.4, 0.5) is 5.82 Å². The van der Waals surface area contributed by atoms with Crippen molar-refractivity contribution >= 4 is 11.7 Å². The number of rotatable bonds is 3. The number of hydrogen-bond acceptors (Lipinski definition) is 5. The number of ether oxygens (including phenoxy) is 1. The topological polar surface area (TPSA) is 104 Å². The summed E-state index contributed by atoms with van der Waals surface area (Å²) in [6.07, 6.45) is 1.06. The number of anilines is 1. The van der Waals surface area contributed by atoms with Gasteiger partial charge in [-0.2, -0.15) is 5.10 Å². The Morgan fingerprint density at radius 3 is 2.74 bits per heavy atom. The molecule has 0 aromatic carbocycles. The summed E-state index contributed by atoms with van der Waals surface area (Å²) in [6.45, 7) is 3.05. The summed E-state index contributed by atoms with van der Waals surface area (Å²) in [6, 6.07) is 0. The molecule has 1 aromatic heterocycles. The minimum atomic E-state index is -0.880. The second kappa shape index (κ2) is 5.18. The Bertz CT molecular complexity index is 446. The van der Waals surface area contributed by atoms with E-state index in [-0.39, 0.29) is 18.3 Å². The van der Waals surface area contributed by atoms with Crippen LogP contribution in [0.3, 0.4) is 0 Å². The summed E-state index contributed by atoms with van der Waals surface area (Å²) in [5, 5.41) is 16.9. The summed E-state index contributed by atoms with van der Waals surface area (Å²) in [7, 11) is 1.65. The maximum Gasteiger partial charge on any atom is 0.259 e. The summed E-state index contributed by atoms with van der Waals surface area (Å²) < 4.78 is 5.22. The van der Waals surface area contributed by atoms with E-state index in [2.05, 4.69) is 10.2 Å². The Balaban J connectivity index is 2.07. The minimum absolute atomic E-state index is 0.188. The van der Waals surface area contributed by atoms with Crippen molar-refractivity contribution in [3.05, 3.63) is 11.3 Å². The fraction of sp³-hybridized carbons (Fsp3) is 0.667. The highest BCUT2D eigenvalue weighted by Crippen LogP contribution is 2.23. The number of likely N-dealkylation sites (N-methyl/N-ethyl adjacent to an activating group) is 1. The third-order valence-corrected chi connectivity index (χ3v) is 3.49. The van der Waals surface area contributed by atoms with Crippen molar-refractivity contribution < 1.29 is 14.6 Å². The van der Waals surface area contributed by atoms with Gasteiger partial charge in [0, 0.05) is 45.3 Å². The van der Waals surface area contributed by atoms with Crippen molar-refractivity contribution in [2.75, 3.05) is 32.5 Å². The minimum Gasteiger partial charge on any atom is -0.388 e. The lowest BCUT2D eigenvalue weighted by Gasteiger charge is -2.35. The molecular weight excluding hydrogens is 248 g/mol. The number of aryl methyl sites for hydroxylation is 1. The molecule has 1 aliphatic heterocycles. The number of nitrogen functional groups attached to an aromatic ring is 1. The number of carbonyl (C=O) groups is 1. The number of aromatic nitrogens is 2.